The third-order valence-electron chi connectivity index (χ3n) is 5.63. The maximum absolute atomic E-state index is 12.6. The number of phenols is 1. The average molecular weight is 390 g/mol. The first-order chi connectivity index (χ1) is 14.2. The van der Waals surface area contributed by atoms with Crippen molar-refractivity contribution in [3.8, 4) is 5.75 Å². The highest BCUT2D eigenvalue weighted by molar-refractivity contribution is 5.76. The Morgan fingerprint density at radius 3 is 2.45 bits per heavy atom. The maximum atomic E-state index is 12.6. The minimum absolute atomic E-state index is 0.205. The number of imidazole rings is 1. The Morgan fingerprint density at radius 2 is 1.72 bits per heavy atom. The summed E-state index contributed by atoms with van der Waals surface area (Å²) < 4.78 is 2.21. The van der Waals surface area contributed by atoms with Gasteiger partial charge in [-0.25, -0.2) is 4.98 Å². The largest absolute Gasteiger partial charge is 0.508 e. The van der Waals surface area contributed by atoms with Crippen LogP contribution in [-0.4, -0.2) is 43.5 Å². The molecule has 0 bridgehead atoms. The molecule has 0 unspecified atom stereocenters. The highest BCUT2D eigenvalue weighted by Gasteiger charge is 2.26. The summed E-state index contributed by atoms with van der Waals surface area (Å²) in [6, 6.07) is 11.1. The summed E-state index contributed by atoms with van der Waals surface area (Å²) >= 11 is 0. The molecule has 0 saturated carbocycles. The number of amides is 1. The summed E-state index contributed by atoms with van der Waals surface area (Å²) in [5.41, 5.74) is 2.28. The number of aromatic nitrogens is 3. The number of nitrogens with zero attached hydrogens (tertiary/aromatic N) is 4. The lowest BCUT2D eigenvalue weighted by molar-refractivity contribution is -0.132. The molecule has 3 aromatic rings. The van der Waals surface area contributed by atoms with Crippen molar-refractivity contribution in [1.29, 1.82) is 0 Å². The number of carbonyl (C=O) groups is 1. The number of aryl methyl sites for hydroxylation is 1. The van der Waals surface area contributed by atoms with E-state index in [0.717, 1.165) is 43.9 Å². The molecule has 0 aliphatic carbocycles. The van der Waals surface area contributed by atoms with E-state index in [9.17, 15) is 9.90 Å². The van der Waals surface area contributed by atoms with Crippen LogP contribution in [0.25, 0.3) is 0 Å². The van der Waals surface area contributed by atoms with Crippen LogP contribution in [0.1, 0.15) is 42.1 Å². The fourth-order valence-corrected chi connectivity index (χ4v) is 3.96. The number of phenolic OH excluding ortho intramolecular Hbond substituents is 1. The lowest BCUT2D eigenvalue weighted by atomic mass is 9.95. The number of rotatable bonds is 6. The Morgan fingerprint density at radius 1 is 1.00 bits per heavy atom. The first-order valence-electron chi connectivity index (χ1n) is 10.1. The number of hydrogen-bond acceptors (Lipinski definition) is 4. The molecule has 0 radical (unpaired) electrons. The van der Waals surface area contributed by atoms with Crippen LogP contribution in [0, 0.1) is 0 Å². The molecule has 1 aliphatic heterocycles. The summed E-state index contributed by atoms with van der Waals surface area (Å²) in [6.07, 6.45) is 10.6. The van der Waals surface area contributed by atoms with Gasteiger partial charge in [0.1, 0.15) is 11.6 Å². The van der Waals surface area contributed by atoms with E-state index in [-0.39, 0.29) is 11.7 Å². The molecule has 2 aromatic heterocycles. The molecule has 6 heteroatoms. The monoisotopic (exact) mass is 390 g/mol. The second kappa shape index (κ2) is 8.90. The van der Waals surface area contributed by atoms with Crippen molar-refractivity contribution < 1.29 is 9.90 Å². The molecule has 1 fully saturated rings. The second-order valence-electron chi connectivity index (χ2n) is 7.59. The van der Waals surface area contributed by atoms with Crippen molar-refractivity contribution in [2.75, 3.05) is 13.1 Å². The number of carbonyl (C=O) groups excluding carboxylic acids is 1. The Balaban J connectivity index is 1.30. The average Bonchev–Trinajstić information content (AvgIpc) is 3.22. The van der Waals surface area contributed by atoms with Gasteiger partial charge in [-0.3, -0.25) is 9.78 Å². The number of piperidine rings is 1. The first-order valence-corrected chi connectivity index (χ1v) is 10.1. The third-order valence-corrected chi connectivity index (χ3v) is 5.63. The predicted octanol–water partition coefficient (Wildman–Crippen LogP) is 3.37. The Bertz CT molecular complexity index is 929. The van der Waals surface area contributed by atoms with Crippen LogP contribution in [0.3, 0.4) is 0 Å². The van der Waals surface area contributed by atoms with Crippen molar-refractivity contribution in [2.45, 2.75) is 38.1 Å². The molecule has 29 heavy (non-hydrogen) atoms. The van der Waals surface area contributed by atoms with Gasteiger partial charge in [0.2, 0.25) is 5.91 Å². The second-order valence-corrected chi connectivity index (χ2v) is 7.59. The molecular weight excluding hydrogens is 364 g/mol. The molecule has 1 N–H and O–H groups in total. The van der Waals surface area contributed by atoms with Crippen molar-refractivity contribution >= 4 is 5.91 Å². The van der Waals surface area contributed by atoms with Crippen molar-refractivity contribution in [2.24, 2.45) is 0 Å². The smallest absolute Gasteiger partial charge is 0.222 e. The van der Waals surface area contributed by atoms with Crippen molar-refractivity contribution in [1.82, 2.24) is 19.4 Å². The number of hydrogen-bond donors (Lipinski definition) is 1. The van der Waals surface area contributed by atoms with Crippen LogP contribution in [0.2, 0.25) is 0 Å². The minimum atomic E-state index is 0.205. The zero-order valence-electron chi connectivity index (χ0n) is 16.4. The maximum Gasteiger partial charge on any atom is 0.222 e. The van der Waals surface area contributed by atoms with Gasteiger partial charge in [-0.15, -0.1) is 0 Å². The zero-order valence-corrected chi connectivity index (χ0v) is 16.4. The van der Waals surface area contributed by atoms with E-state index in [1.54, 1.807) is 12.1 Å². The van der Waals surface area contributed by atoms with E-state index in [1.807, 2.05) is 54.0 Å². The van der Waals surface area contributed by atoms with E-state index in [0.29, 0.717) is 18.8 Å². The number of pyridine rings is 1. The predicted molar refractivity (Wildman–Crippen MR) is 111 cm³/mol. The Labute approximate surface area is 170 Å². The normalized spacial score (nSPS) is 14.8. The molecular formula is C23H26N4O2. The van der Waals surface area contributed by atoms with E-state index >= 15 is 0 Å². The summed E-state index contributed by atoms with van der Waals surface area (Å²) in [4.78, 5) is 23.3. The van der Waals surface area contributed by atoms with Crippen LogP contribution >= 0.6 is 0 Å². The van der Waals surface area contributed by atoms with Crippen LogP contribution in [-0.2, 0) is 17.8 Å². The minimum Gasteiger partial charge on any atom is -0.508 e. The molecule has 6 nitrogen and oxygen atoms in total. The van der Waals surface area contributed by atoms with Crippen LogP contribution < -0.4 is 0 Å². The fourth-order valence-electron chi connectivity index (χ4n) is 3.96. The van der Waals surface area contributed by atoms with Gasteiger partial charge >= 0.3 is 0 Å². The quantitative estimate of drug-likeness (QED) is 0.700. The number of aromatic hydroxyl groups is 1. The topological polar surface area (TPSA) is 71.2 Å². The lowest BCUT2D eigenvalue weighted by Crippen LogP contribution is -2.38. The molecule has 150 valence electrons. The van der Waals surface area contributed by atoms with Crippen LogP contribution in [0.15, 0.2) is 61.2 Å². The van der Waals surface area contributed by atoms with E-state index in [4.69, 9.17) is 0 Å². The highest BCUT2D eigenvalue weighted by Crippen LogP contribution is 2.28. The summed E-state index contributed by atoms with van der Waals surface area (Å²) in [5, 5.41) is 9.36. The molecule has 0 atom stereocenters. The van der Waals surface area contributed by atoms with Gasteiger partial charge in [0.05, 0.1) is 0 Å². The van der Waals surface area contributed by atoms with Gasteiger partial charge < -0.3 is 14.6 Å². The molecule has 3 heterocycles. The van der Waals surface area contributed by atoms with Gasteiger partial charge in [0.15, 0.2) is 0 Å². The van der Waals surface area contributed by atoms with Crippen molar-refractivity contribution in [3.63, 3.8) is 0 Å². The Kier molecular flexibility index (Phi) is 5.89. The number of benzene rings is 1. The molecule has 0 spiro atoms. The molecule has 1 saturated heterocycles. The van der Waals surface area contributed by atoms with Crippen LogP contribution in [0.4, 0.5) is 0 Å². The van der Waals surface area contributed by atoms with Gasteiger partial charge in [-0.1, -0.05) is 12.1 Å². The fraction of sp³-hybridized carbons (Fsp3) is 0.348. The summed E-state index contributed by atoms with van der Waals surface area (Å²) in [5.74, 6) is 1.95. The van der Waals surface area contributed by atoms with Gasteiger partial charge in [0, 0.05) is 56.8 Å². The van der Waals surface area contributed by atoms with Crippen molar-refractivity contribution in [3.05, 3.63) is 78.1 Å². The van der Waals surface area contributed by atoms with E-state index in [1.165, 1.54) is 5.56 Å². The molecule has 1 amide bonds. The summed E-state index contributed by atoms with van der Waals surface area (Å²) in [6.45, 7) is 2.35. The molecule has 4 rings (SSSR count). The molecule has 1 aromatic carbocycles. The Hall–Kier alpha value is -3.15. The first kappa shape index (κ1) is 19.2. The molecule has 1 aliphatic rings. The van der Waals surface area contributed by atoms with Gasteiger partial charge in [-0.2, -0.15) is 0 Å². The SMILES string of the molecule is O=C(CCc1ccc(O)cc1)N1CCC(c2nccn2Cc2ccncc2)CC1. The number of likely N-dealkylation sites (tertiary alicyclic amines) is 1. The standard InChI is InChI=1S/C23H26N4O2/c28-21-4-1-18(2-5-21)3-6-22(29)26-14-9-20(10-15-26)23-25-13-16-27(23)17-19-7-11-24-12-8-19/h1-2,4-5,7-8,11-13,16,20,28H,3,6,9-10,14-15,17H2. The van der Waals surface area contributed by atoms with Gasteiger partial charge in [0.25, 0.3) is 0 Å². The van der Waals surface area contributed by atoms with E-state index in [2.05, 4.69) is 14.5 Å². The third kappa shape index (κ3) is 4.83. The summed E-state index contributed by atoms with van der Waals surface area (Å²) in [7, 11) is 0. The lowest BCUT2D eigenvalue weighted by Gasteiger charge is -2.32. The van der Waals surface area contributed by atoms with Gasteiger partial charge in [-0.05, 0) is 54.7 Å². The van der Waals surface area contributed by atoms with E-state index < -0.39 is 0 Å². The zero-order chi connectivity index (χ0) is 20.1. The highest BCUT2D eigenvalue weighted by atomic mass is 16.3. The van der Waals surface area contributed by atoms with Crippen LogP contribution in [0.5, 0.6) is 5.75 Å².